The molecular formula is C15H13ClFN3O. The van der Waals surface area contributed by atoms with Gasteiger partial charge in [0.1, 0.15) is 16.7 Å². The molecule has 0 saturated heterocycles. The van der Waals surface area contributed by atoms with E-state index in [0.29, 0.717) is 6.54 Å². The number of carbonyl (C=O) groups excluding carboxylic acids is 1. The summed E-state index contributed by atoms with van der Waals surface area (Å²) in [4.78, 5) is 22.2. The van der Waals surface area contributed by atoms with Gasteiger partial charge in [0.05, 0.1) is 12.4 Å². The second-order valence-electron chi connectivity index (χ2n) is 5.02. The zero-order valence-corrected chi connectivity index (χ0v) is 11.9. The number of amides is 1. The standard InChI is InChI=1S/C15H13ClFN3O/c16-14-8-18-13(7-19-14)15(21)20(12-5-6-12)9-10-1-3-11(17)4-2-10/h1-4,7-8,12H,5-6,9H2. The molecule has 21 heavy (non-hydrogen) atoms. The fourth-order valence-corrected chi connectivity index (χ4v) is 2.21. The molecule has 0 N–H and O–H groups in total. The van der Waals surface area contributed by atoms with Gasteiger partial charge >= 0.3 is 0 Å². The molecule has 4 nitrogen and oxygen atoms in total. The molecule has 0 spiro atoms. The Labute approximate surface area is 126 Å². The third kappa shape index (κ3) is 3.36. The number of aromatic nitrogens is 2. The van der Waals surface area contributed by atoms with E-state index in [1.54, 1.807) is 17.0 Å². The number of benzene rings is 1. The van der Waals surface area contributed by atoms with E-state index in [4.69, 9.17) is 11.6 Å². The molecule has 108 valence electrons. The number of halogens is 2. The maximum Gasteiger partial charge on any atom is 0.274 e. The first-order chi connectivity index (χ1) is 10.1. The van der Waals surface area contributed by atoms with E-state index in [1.165, 1.54) is 24.5 Å². The molecular weight excluding hydrogens is 293 g/mol. The Kier molecular flexibility index (Phi) is 3.84. The molecule has 1 aliphatic carbocycles. The van der Waals surface area contributed by atoms with Crippen LogP contribution in [0.2, 0.25) is 5.15 Å². The van der Waals surface area contributed by atoms with Crippen LogP contribution in [0, 0.1) is 5.82 Å². The molecule has 1 aromatic heterocycles. The summed E-state index contributed by atoms with van der Waals surface area (Å²) in [6.45, 7) is 0.439. The average molecular weight is 306 g/mol. The normalized spacial score (nSPS) is 14.0. The molecule has 0 bridgehead atoms. The minimum absolute atomic E-state index is 0.175. The van der Waals surface area contributed by atoms with Crippen molar-refractivity contribution in [3.8, 4) is 0 Å². The number of hydrogen-bond donors (Lipinski definition) is 0. The highest BCUT2D eigenvalue weighted by Gasteiger charge is 2.33. The van der Waals surface area contributed by atoms with Crippen molar-refractivity contribution < 1.29 is 9.18 Å². The predicted octanol–water partition coefficient (Wildman–Crippen LogP) is 3.07. The molecule has 1 heterocycles. The van der Waals surface area contributed by atoms with E-state index in [1.807, 2.05) is 0 Å². The van der Waals surface area contributed by atoms with Gasteiger partial charge in [0.15, 0.2) is 0 Å². The van der Waals surface area contributed by atoms with Crippen molar-refractivity contribution in [1.82, 2.24) is 14.9 Å². The molecule has 0 radical (unpaired) electrons. The Bertz CT molecular complexity index is 641. The van der Waals surface area contributed by atoms with Gasteiger partial charge in [0.25, 0.3) is 5.91 Å². The van der Waals surface area contributed by atoms with Gasteiger partial charge in [-0.25, -0.2) is 14.4 Å². The van der Waals surface area contributed by atoms with E-state index in [9.17, 15) is 9.18 Å². The molecule has 0 atom stereocenters. The molecule has 1 saturated carbocycles. The quantitative estimate of drug-likeness (QED) is 0.872. The minimum atomic E-state index is -0.286. The first-order valence-electron chi connectivity index (χ1n) is 6.66. The SMILES string of the molecule is O=C(c1cnc(Cl)cn1)N(Cc1ccc(F)cc1)C1CC1. The van der Waals surface area contributed by atoms with Crippen LogP contribution in [-0.2, 0) is 6.54 Å². The minimum Gasteiger partial charge on any atom is -0.330 e. The first kappa shape index (κ1) is 13.9. The molecule has 1 fully saturated rings. The van der Waals surface area contributed by atoms with Gasteiger partial charge in [-0.15, -0.1) is 0 Å². The van der Waals surface area contributed by atoms with E-state index >= 15 is 0 Å². The van der Waals surface area contributed by atoms with Crippen LogP contribution in [0.25, 0.3) is 0 Å². The van der Waals surface area contributed by atoms with Gasteiger partial charge in [-0.05, 0) is 30.5 Å². The summed E-state index contributed by atoms with van der Waals surface area (Å²) in [5, 5.41) is 0.253. The number of nitrogens with zero attached hydrogens (tertiary/aromatic N) is 3. The molecule has 1 aromatic carbocycles. The average Bonchev–Trinajstić information content (AvgIpc) is 3.31. The van der Waals surface area contributed by atoms with Gasteiger partial charge in [0.2, 0.25) is 0 Å². The van der Waals surface area contributed by atoms with E-state index < -0.39 is 0 Å². The highest BCUT2D eigenvalue weighted by molar-refractivity contribution is 6.29. The second kappa shape index (κ2) is 5.77. The highest BCUT2D eigenvalue weighted by atomic mass is 35.5. The Balaban J connectivity index is 1.79. The molecule has 6 heteroatoms. The highest BCUT2D eigenvalue weighted by Crippen LogP contribution is 2.29. The van der Waals surface area contributed by atoms with Crippen molar-refractivity contribution in [3.05, 3.63) is 58.9 Å². The van der Waals surface area contributed by atoms with Crippen LogP contribution in [0.1, 0.15) is 28.9 Å². The summed E-state index contributed by atoms with van der Waals surface area (Å²) >= 11 is 5.68. The fourth-order valence-electron chi connectivity index (χ4n) is 2.11. The summed E-state index contributed by atoms with van der Waals surface area (Å²) in [5.41, 5.74) is 1.16. The lowest BCUT2D eigenvalue weighted by atomic mass is 10.2. The molecule has 3 rings (SSSR count). The van der Waals surface area contributed by atoms with Crippen molar-refractivity contribution >= 4 is 17.5 Å². The van der Waals surface area contributed by atoms with Crippen molar-refractivity contribution in [2.75, 3.05) is 0 Å². The van der Waals surface area contributed by atoms with Gasteiger partial charge in [-0.1, -0.05) is 23.7 Å². The summed E-state index contributed by atoms with van der Waals surface area (Å²) < 4.78 is 12.9. The Morgan fingerprint density at radius 2 is 1.95 bits per heavy atom. The summed E-state index contributed by atoms with van der Waals surface area (Å²) in [5.74, 6) is -0.461. The molecule has 1 amide bonds. The number of rotatable bonds is 4. The lowest BCUT2D eigenvalue weighted by molar-refractivity contribution is 0.0723. The van der Waals surface area contributed by atoms with Gasteiger partial charge in [0, 0.05) is 12.6 Å². The Morgan fingerprint density at radius 1 is 1.24 bits per heavy atom. The Morgan fingerprint density at radius 3 is 2.52 bits per heavy atom. The zero-order valence-electron chi connectivity index (χ0n) is 11.2. The van der Waals surface area contributed by atoms with Crippen LogP contribution in [-0.4, -0.2) is 26.8 Å². The topological polar surface area (TPSA) is 46.1 Å². The summed E-state index contributed by atoms with van der Waals surface area (Å²) in [6, 6.07) is 6.39. The molecule has 0 aliphatic heterocycles. The lowest BCUT2D eigenvalue weighted by Crippen LogP contribution is -2.33. The molecule has 2 aromatic rings. The van der Waals surface area contributed by atoms with Crippen molar-refractivity contribution in [2.45, 2.75) is 25.4 Å². The number of carbonyl (C=O) groups is 1. The largest absolute Gasteiger partial charge is 0.330 e. The van der Waals surface area contributed by atoms with Crippen LogP contribution in [0.15, 0.2) is 36.7 Å². The van der Waals surface area contributed by atoms with Gasteiger partial charge in [-0.2, -0.15) is 0 Å². The van der Waals surface area contributed by atoms with Crippen LogP contribution < -0.4 is 0 Å². The van der Waals surface area contributed by atoms with Crippen LogP contribution in [0.5, 0.6) is 0 Å². The maximum absolute atomic E-state index is 12.9. The van der Waals surface area contributed by atoms with Crippen LogP contribution in [0.3, 0.4) is 0 Å². The third-order valence-corrected chi connectivity index (χ3v) is 3.55. The van der Waals surface area contributed by atoms with Crippen molar-refractivity contribution in [3.63, 3.8) is 0 Å². The van der Waals surface area contributed by atoms with E-state index in [-0.39, 0.29) is 28.6 Å². The van der Waals surface area contributed by atoms with Crippen LogP contribution in [0.4, 0.5) is 4.39 Å². The first-order valence-corrected chi connectivity index (χ1v) is 7.04. The van der Waals surface area contributed by atoms with Crippen LogP contribution >= 0.6 is 11.6 Å². The monoisotopic (exact) mass is 305 g/mol. The van der Waals surface area contributed by atoms with E-state index in [0.717, 1.165) is 18.4 Å². The van der Waals surface area contributed by atoms with Crippen molar-refractivity contribution in [2.24, 2.45) is 0 Å². The Hall–Kier alpha value is -2.01. The third-order valence-electron chi connectivity index (χ3n) is 3.35. The maximum atomic E-state index is 12.9. The van der Waals surface area contributed by atoms with Gasteiger partial charge < -0.3 is 4.90 Å². The zero-order chi connectivity index (χ0) is 14.8. The fraction of sp³-hybridized carbons (Fsp3) is 0.267. The summed E-state index contributed by atoms with van der Waals surface area (Å²) in [7, 11) is 0. The second-order valence-corrected chi connectivity index (χ2v) is 5.40. The molecule has 0 unspecified atom stereocenters. The summed E-state index contributed by atoms with van der Waals surface area (Å²) in [6.07, 6.45) is 4.70. The predicted molar refractivity (Wildman–Crippen MR) is 76.3 cm³/mol. The number of hydrogen-bond acceptors (Lipinski definition) is 3. The smallest absolute Gasteiger partial charge is 0.274 e. The molecule has 1 aliphatic rings. The van der Waals surface area contributed by atoms with Crippen molar-refractivity contribution in [1.29, 1.82) is 0 Å². The lowest BCUT2D eigenvalue weighted by Gasteiger charge is -2.22. The van der Waals surface area contributed by atoms with E-state index in [2.05, 4.69) is 9.97 Å². The van der Waals surface area contributed by atoms with Gasteiger partial charge in [-0.3, -0.25) is 4.79 Å².